The van der Waals surface area contributed by atoms with Gasteiger partial charge in [-0.15, -0.1) is 0 Å². The van der Waals surface area contributed by atoms with Crippen LogP contribution in [0.2, 0.25) is 0 Å². The van der Waals surface area contributed by atoms with Crippen LogP contribution < -0.4 is 16.7 Å². The molecule has 136 valence electrons. The van der Waals surface area contributed by atoms with Crippen molar-refractivity contribution in [2.75, 3.05) is 0 Å². The second-order valence-electron chi connectivity index (χ2n) is 6.25. The highest BCUT2D eigenvalue weighted by Crippen LogP contribution is 2.06. The van der Waals surface area contributed by atoms with Crippen LogP contribution in [0.4, 0.5) is 0 Å². The maximum Gasteiger partial charge on any atom is 0.332 e. The Labute approximate surface area is 144 Å². The van der Waals surface area contributed by atoms with Gasteiger partial charge in [-0.1, -0.05) is 0 Å². The fourth-order valence-corrected chi connectivity index (χ4v) is 2.87. The zero-order chi connectivity index (χ0) is 18.7. The number of aromatic amines is 1. The van der Waals surface area contributed by atoms with E-state index in [2.05, 4.69) is 4.98 Å². The Balaban J connectivity index is 2.25. The number of unbranched alkanes of at least 4 members (excludes halogenated alkanes) is 1. The van der Waals surface area contributed by atoms with Crippen LogP contribution in [0, 0.1) is 6.92 Å². The fourth-order valence-electron chi connectivity index (χ4n) is 2.87. The van der Waals surface area contributed by atoms with Crippen molar-refractivity contribution in [3.8, 4) is 0 Å². The minimum Gasteiger partial charge on any atom is -0.463 e. The molecule has 0 aliphatic heterocycles. The van der Waals surface area contributed by atoms with Crippen LogP contribution in [0.25, 0.3) is 11.0 Å². The number of carbonyl (C=O) groups excluding carboxylic acids is 1. The van der Waals surface area contributed by atoms with Gasteiger partial charge >= 0.3 is 11.7 Å². The van der Waals surface area contributed by atoms with Crippen LogP contribution in [0.1, 0.15) is 38.8 Å². The minimum absolute atomic E-state index is 0.0130. The van der Waals surface area contributed by atoms with E-state index in [9.17, 15) is 19.2 Å². The number of carbonyl (C=O) groups is 1. The van der Waals surface area contributed by atoms with Crippen molar-refractivity contribution in [1.29, 1.82) is 0 Å². The molecule has 1 unspecified atom stereocenters. The van der Waals surface area contributed by atoms with Gasteiger partial charge in [0.15, 0.2) is 5.43 Å². The van der Waals surface area contributed by atoms with Crippen molar-refractivity contribution >= 4 is 17.0 Å². The third-order valence-electron chi connectivity index (χ3n) is 4.07. The molecule has 0 fully saturated rings. The highest BCUT2D eigenvalue weighted by molar-refractivity contribution is 5.73. The Bertz CT molecular complexity index is 967. The molecule has 1 atom stereocenters. The fraction of sp³-hybridized carbons (Fsp3) is 0.529. The number of aromatic nitrogens is 3. The third-order valence-corrected chi connectivity index (χ3v) is 4.07. The molecule has 0 spiro atoms. The number of pyridine rings is 1. The minimum atomic E-state index is -0.576. The molecule has 0 aliphatic carbocycles. The van der Waals surface area contributed by atoms with Gasteiger partial charge in [0.25, 0.3) is 5.56 Å². The number of hydrogen-bond acceptors (Lipinski definition) is 5. The van der Waals surface area contributed by atoms with Crippen molar-refractivity contribution in [3.63, 3.8) is 0 Å². The monoisotopic (exact) mass is 349 g/mol. The van der Waals surface area contributed by atoms with Crippen LogP contribution in [0.15, 0.2) is 20.4 Å². The summed E-state index contributed by atoms with van der Waals surface area (Å²) in [5.74, 6) is -0.332. The number of aryl methyl sites for hydroxylation is 2. The molecule has 0 radical (unpaired) electrons. The molecule has 0 saturated heterocycles. The molecule has 0 bridgehead atoms. The lowest BCUT2D eigenvalue weighted by Gasteiger charge is -2.13. The SMILES string of the molecule is CC(=O)OC(C)CCCCn1c(=O)c2c(=O)cc(C)[nH]c2n(C)c1=O. The number of hydrogen-bond donors (Lipinski definition) is 1. The van der Waals surface area contributed by atoms with Crippen molar-refractivity contribution in [1.82, 2.24) is 14.1 Å². The lowest BCUT2D eigenvalue weighted by Crippen LogP contribution is -2.41. The highest BCUT2D eigenvalue weighted by Gasteiger charge is 2.14. The molecule has 2 heterocycles. The lowest BCUT2D eigenvalue weighted by molar-refractivity contribution is -0.145. The number of nitrogens with zero attached hydrogens (tertiary/aromatic N) is 2. The molecule has 0 aliphatic rings. The topological polar surface area (TPSA) is 103 Å². The van der Waals surface area contributed by atoms with Crippen LogP contribution in [-0.2, 0) is 23.1 Å². The third kappa shape index (κ3) is 4.07. The average molecular weight is 349 g/mol. The maximum absolute atomic E-state index is 12.6. The van der Waals surface area contributed by atoms with Crippen LogP contribution in [-0.4, -0.2) is 26.2 Å². The van der Waals surface area contributed by atoms with Gasteiger partial charge in [-0.25, -0.2) is 4.79 Å². The van der Waals surface area contributed by atoms with E-state index in [0.29, 0.717) is 25.0 Å². The number of H-pyrrole nitrogens is 1. The van der Waals surface area contributed by atoms with Crippen molar-refractivity contribution in [2.24, 2.45) is 7.05 Å². The number of esters is 1. The number of rotatable bonds is 6. The normalized spacial score (nSPS) is 12.3. The van der Waals surface area contributed by atoms with E-state index in [0.717, 1.165) is 4.57 Å². The van der Waals surface area contributed by atoms with Crippen molar-refractivity contribution < 1.29 is 9.53 Å². The zero-order valence-corrected chi connectivity index (χ0v) is 14.9. The van der Waals surface area contributed by atoms with Gasteiger partial charge in [-0.2, -0.15) is 0 Å². The van der Waals surface area contributed by atoms with Crippen molar-refractivity contribution in [3.05, 3.63) is 42.8 Å². The van der Waals surface area contributed by atoms with E-state index in [-0.39, 0.29) is 29.7 Å². The lowest BCUT2D eigenvalue weighted by atomic mass is 10.1. The molecule has 8 nitrogen and oxygen atoms in total. The number of nitrogens with one attached hydrogen (secondary N) is 1. The van der Waals surface area contributed by atoms with Crippen LogP contribution in [0.5, 0.6) is 0 Å². The van der Waals surface area contributed by atoms with Gasteiger partial charge in [0.2, 0.25) is 0 Å². The second kappa shape index (κ2) is 7.50. The highest BCUT2D eigenvalue weighted by atomic mass is 16.5. The molecule has 8 heteroatoms. The average Bonchev–Trinajstić information content (AvgIpc) is 2.50. The van der Waals surface area contributed by atoms with E-state index in [1.165, 1.54) is 24.6 Å². The first-order valence-corrected chi connectivity index (χ1v) is 8.23. The van der Waals surface area contributed by atoms with E-state index in [1.54, 1.807) is 13.8 Å². The van der Waals surface area contributed by atoms with E-state index in [1.807, 2.05) is 0 Å². The van der Waals surface area contributed by atoms with Gasteiger partial charge in [0.05, 0.1) is 6.10 Å². The Hall–Kier alpha value is -2.64. The zero-order valence-electron chi connectivity index (χ0n) is 14.9. The number of fused-ring (bicyclic) bond motifs is 1. The molecule has 25 heavy (non-hydrogen) atoms. The van der Waals surface area contributed by atoms with E-state index >= 15 is 0 Å². The van der Waals surface area contributed by atoms with Crippen LogP contribution in [0.3, 0.4) is 0 Å². The Morgan fingerprint density at radius 1 is 1.28 bits per heavy atom. The van der Waals surface area contributed by atoms with Crippen molar-refractivity contribution in [2.45, 2.75) is 52.7 Å². The van der Waals surface area contributed by atoms with Gasteiger partial charge < -0.3 is 9.72 Å². The molecule has 2 aromatic rings. The molecule has 1 N–H and O–H groups in total. The molecule has 0 aromatic carbocycles. The summed E-state index contributed by atoms with van der Waals surface area (Å²) in [5.41, 5.74) is -0.618. The summed E-state index contributed by atoms with van der Waals surface area (Å²) in [6.45, 7) is 5.06. The predicted octanol–water partition coefficient (Wildman–Crippen LogP) is 0.819. The summed E-state index contributed by atoms with van der Waals surface area (Å²) in [7, 11) is 1.53. The van der Waals surface area contributed by atoms with Gasteiger partial charge in [0.1, 0.15) is 11.0 Å². The molecule has 0 saturated carbocycles. The molecule has 0 amide bonds. The molecular formula is C17H23N3O5. The largest absolute Gasteiger partial charge is 0.463 e. The summed E-state index contributed by atoms with van der Waals surface area (Å²) in [6, 6.07) is 1.35. The maximum atomic E-state index is 12.6. The Morgan fingerprint density at radius 3 is 2.60 bits per heavy atom. The Kier molecular flexibility index (Phi) is 5.61. The number of ether oxygens (including phenoxy) is 1. The van der Waals surface area contributed by atoms with Crippen LogP contribution >= 0.6 is 0 Å². The van der Waals surface area contributed by atoms with E-state index in [4.69, 9.17) is 4.74 Å². The summed E-state index contributed by atoms with van der Waals surface area (Å²) in [4.78, 5) is 50.9. The smallest absolute Gasteiger partial charge is 0.332 e. The summed E-state index contributed by atoms with van der Waals surface area (Å²) >= 11 is 0. The summed E-state index contributed by atoms with van der Waals surface area (Å²) in [6.07, 6.45) is 1.68. The first-order chi connectivity index (χ1) is 11.7. The summed E-state index contributed by atoms with van der Waals surface area (Å²) in [5, 5.41) is -0.0130. The standard InChI is InChI=1S/C17H23N3O5/c1-10-9-13(22)14-15(18-10)19(4)17(24)20(16(14)23)8-6-5-7-11(2)25-12(3)21/h9,11H,5-8H2,1-4H3,(H,18,22). The second-order valence-corrected chi connectivity index (χ2v) is 6.25. The van der Waals surface area contributed by atoms with Gasteiger partial charge in [0, 0.05) is 32.3 Å². The van der Waals surface area contributed by atoms with Gasteiger partial charge in [-0.3, -0.25) is 23.5 Å². The first kappa shape index (κ1) is 18.7. The molecule has 2 aromatic heterocycles. The quantitative estimate of drug-likeness (QED) is 0.614. The van der Waals surface area contributed by atoms with E-state index < -0.39 is 16.7 Å². The van der Waals surface area contributed by atoms with Gasteiger partial charge in [-0.05, 0) is 33.1 Å². The molecule has 2 rings (SSSR count). The summed E-state index contributed by atoms with van der Waals surface area (Å²) < 4.78 is 7.41. The Morgan fingerprint density at radius 2 is 1.96 bits per heavy atom. The predicted molar refractivity (Wildman–Crippen MR) is 93.9 cm³/mol. The molecular weight excluding hydrogens is 326 g/mol. The first-order valence-electron chi connectivity index (χ1n) is 8.23.